The van der Waals surface area contributed by atoms with Gasteiger partial charge in [0.2, 0.25) is 0 Å². The highest BCUT2D eigenvalue weighted by atomic mass is 16.6. The molecular formula is C16H20O3. The van der Waals surface area contributed by atoms with E-state index in [-0.39, 0.29) is 29.7 Å². The summed E-state index contributed by atoms with van der Waals surface area (Å²) in [5.41, 5.74) is 2.66. The summed E-state index contributed by atoms with van der Waals surface area (Å²) in [6.45, 7) is 8.05. The number of esters is 1. The van der Waals surface area contributed by atoms with Crippen LogP contribution in [0.4, 0.5) is 0 Å². The summed E-state index contributed by atoms with van der Waals surface area (Å²) < 4.78 is 5.68. The fourth-order valence-corrected chi connectivity index (χ4v) is 4.10. The van der Waals surface area contributed by atoms with Crippen LogP contribution in [0.2, 0.25) is 0 Å². The lowest BCUT2D eigenvalue weighted by molar-refractivity contribution is -0.146. The van der Waals surface area contributed by atoms with Gasteiger partial charge in [0.25, 0.3) is 0 Å². The first-order chi connectivity index (χ1) is 8.87. The van der Waals surface area contributed by atoms with Gasteiger partial charge in [-0.05, 0) is 39.7 Å². The molecule has 0 radical (unpaired) electrons. The van der Waals surface area contributed by atoms with Crippen LogP contribution in [0.5, 0.6) is 0 Å². The van der Waals surface area contributed by atoms with Crippen molar-refractivity contribution in [1.29, 1.82) is 0 Å². The standard InChI is InChI=1S/C16H20O3/c1-8-5-6-11-10(3)15(18)19-14(11)16(4)9(2)7-12(17)13(8)16/h7,10-11,14H,5-6H2,1-4H3/t10-,11+,14+,16+/m1/s1. The molecule has 1 fully saturated rings. The molecule has 4 atom stereocenters. The second-order valence-corrected chi connectivity index (χ2v) is 6.40. The van der Waals surface area contributed by atoms with Gasteiger partial charge in [0, 0.05) is 11.5 Å². The molecule has 3 rings (SSSR count). The van der Waals surface area contributed by atoms with Crippen LogP contribution >= 0.6 is 0 Å². The molecule has 1 aliphatic heterocycles. The van der Waals surface area contributed by atoms with Gasteiger partial charge in [0.1, 0.15) is 6.10 Å². The van der Waals surface area contributed by atoms with E-state index in [0.29, 0.717) is 0 Å². The lowest BCUT2D eigenvalue weighted by atomic mass is 9.70. The predicted molar refractivity (Wildman–Crippen MR) is 71.3 cm³/mol. The highest BCUT2D eigenvalue weighted by molar-refractivity contribution is 6.10. The molecule has 0 N–H and O–H groups in total. The Morgan fingerprint density at radius 3 is 2.68 bits per heavy atom. The number of allylic oxidation sites excluding steroid dienone is 2. The summed E-state index contributed by atoms with van der Waals surface area (Å²) in [6, 6.07) is 0. The number of carbonyl (C=O) groups is 2. The van der Waals surface area contributed by atoms with E-state index in [9.17, 15) is 9.59 Å². The Morgan fingerprint density at radius 2 is 2.00 bits per heavy atom. The van der Waals surface area contributed by atoms with Crippen LogP contribution < -0.4 is 0 Å². The Bertz CT molecular complexity index is 540. The van der Waals surface area contributed by atoms with Gasteiger partial charge in [-0.1, -0.05) is 18.1 Å². The van der Waals surface area contributed by atoms with Crippen LogP contribution in [-0.2, 0) is 14.3 Å². The zero-order chi connectivity index (χ0) is 13.9. The molecular weight excluding hydrogens is 240 g/mol. The summed E-state index contributed by atoms with van der Waals surface area (Å²) in [7, 11) is 0. The molecule has 0 aromatic rings. The minimum Gasteiger partial charge on any atom is -0.461 e. The van der Waals surface area contributed by atoms with Crippen molar-refractivity contribution in [1.82, 2.24) is 0 Å². The van der Waals surface area contributed by atoms with Gasteiger partial charge in [0.15, 0.2) is 5.78 Å². The number of fused-ring (bicyclic) bond motifs is 3. The number of hydrogen-bond acceptors (Lipinski definition) is 3. The van der Waals surface area contributed by atoms with Gasteiger partial charge in [0.05, 0.1) is 11.3 Å². The lowest BCUT2D eigenvalue weighted by Gasteiger charge is -2.35. The fraction of sp³-hybridized carbons (Fsp3) is 0.625. The molecule has 19 heavy (non-hydrogen) atoms. The third-order valence-corrected chi connectivity index (χ3v) is 5.43. The SMILES string of the molecule is CC1=CC(=O)C2=C(C)CC[C@H]3[C@@H](C)C(=O)O[C@@H]3[C@@]12C. The Morgan fingerprint density at radius 1 is 1.32 bits per heavy atom. The number of ketones is 1. The van der Waals surface area contributed by atoms with Crippen molar-refractivity contribution < 1.29 is 14.3 Å². The van der Waals surface area contributed by atoms with E-state index in [2.05, 4.69) is 6.92 Å². The fourth-order valence-electron chi connectivity index (χ4n) is 4.10. The van der Waals surface area contributed by atoms with Crippen molar-refractivity contribution in [2.24, 2.45) is 17.3 Å². The molecule has 1 saturated heterocycles. The Kier molecular flexibility index (Phi) is 2.54. The van der Waals surface area contributed by atoms with Gasteiger partial charge in [-0.3, -0.25) is 9.59 Å². The van der Waals surface area contributed by atoms with Crippen molar-refractivity contribution in [2.45, 2.75) is 46.6 Å². The Hall–Kier alpha value is -1.38. The Balaban J connectivity index is 2.17. The zero-order valence-corrected chi connectivity index (χ0v) is 11.9. The minimum atomic E-state index is -0.414. The molecule has 102 valence electrons. The van der Waals surface area contributed by atoms with Gasteiger partial charge in [-0.15, -0.1) is 0 Å². The van der Waals surface area contributed by atoms with E-state index in [1.165, 1.54) is 5.57 Å². The lowest BCUT2D eigenvalue weighted by Crippen LogP contribution is -2.38. The molecule has 1 heterocycles. The van der Waals surface area contributed by atoms with Gasteiger partial charge >= 0.3 is 5.97 Å². The summed E-state index contributed by atoms with van der Waals surface area (Å²) in [6.07, 6.45) is 3.37. The number of ether oxygens (including phenoxy) is 1. The van der Waals surface area contributed by atoms with Crippen LogP contribution in [0.25, 0.3) is 0 Å². The van der Waals surface area contributed by atoms with Crippen LogP contribution in [0.3, 0.4) is 0 Å². The van der Waals surface area contributed by atoms with Crippen LogP contribution in [0, 0.1) is 17.3 Å². The molecule has 3 nitrogen and oxygen atoms in total. The summed E-state index contributed by atoms with van der Waals surface area (Å²) in [4.78, 5) is 24.2. The predicted octanol–water partition coefficient (Wildman–Crippen LogP) is 2.81. The summed E-state index contributed by atoms with van der Waals surface area (Å²) >= 11 is 0. The maximum atomic E-state index is 12.3. The van der Waals surface area contributed by atoms with E-state index in [0.717, 1.165) is 24.0 Å². The first-order valence-corrected chi connectivity index (χ1v) is 7.01. The molecule has 2 aliphatic carbocycles. The molecule has 0 amide bonds. The molecule has 0 aromatic carbocycles. The third kappa shape index (κ3) is 1.44. The maximum Gasteiger partial charge on any atom is 0.309 e. The number of rotatable bonds is 0. The van der Waals surface area contributed by atoms with E-state index in [4.69, 9.17) is 4.74 Å². The largest absolute Gasteiger partial charge is 0.461 e. The van der Waals surface area contributed by atoms with Crippen molar-refractivity contribution in [3.63, 3.8) is 0 Å². The van der Waals surface area contributed by atoms with Crippen molar-refractivity contribution in [2.75, 3.05) is 0 Å². The van der Waals surface area contributed by atoms with E-state index < -0.39 is 5.41 Å². The van der Waals surface area contributed by atoms with E-state index in [1.807, 2.05) is 20.8 Å². The first kappa shape index (κ1) is 12.6. The minimum absolute atomic E-state index is 0.0579. The molecule has 0 spiro atoms. The molecule has 0 saturated carbocycles. The highest BCUT2D eigenvalue weighted by Gasteiger charge is 2.57. The topological polar surface area (TPSA) is 43.4 Å². The molecule has 0 aromatic heterocycles. The van der Waals surface area contributed by atoms with Crippen LogP contribution in [0.1, 0.15) is 40.5 Å². The summed E-state index contributed by atoms with van der Waals surface area (Å²) in [5.74, 6) is 0.160. The second-order valence-electron chi connectivity index (χ2n) is 6.40. The van der Waals surface area contributed by atoms with Crippen LogP contribution in [0.15, 0.2) is 22.8 Å². The first-order valence-electron chi connectivity index (χ1n) is 7.01. The van der Waals surface area contributed by atoms with Crippen LogP contribution in [-0.4, -0.2) is 17.9 Å². The maximum absolute atomic E-state index is 12.3. The highest BCUT2D eigenvalue weighted by Crippen LogP contribution is 2.55. The van der Waals surface area contributed by atoms with Gasteiger partial charge in [-0.25, -0.2) is 0 Å². The zero-order valence-electron chi connectivity index (χ0n) is 11.9. The second kappa shape index (κ2) is 3.81. The Labute approximate surface area is 113 Å². The smallest absolute Gasteiger partial charge is 0.309 e. The van der Waals surface area contributed by atoms with Gasteiger partial charge < -0.3 is 4.74 Å². The van der Waals surface area contributed by atoms with E-state index in [1.54, 1.807) is 6.08 Å². The quantitative estimate of drug-likeness (QED) is 0.629. The number of carbonyl (C=O) groups excluding carboxylic acids is 2. The molecule has 3 aliphatic rings. The number of hydrogen-bond donors (Lipinski definition) is 0. The van der Waals surface area contributed by atoms with Crippen molar-refractivity contribution in [3.8, 4) is 0 Å². The third-order valence-electron chi connectivity index (χ3n) is 5.43. The average molecular weight is 260 g/mol. The normalized spacial score (nSPS) is 41.7. The van der Waals surface area contributed by atoms with Crippen molar-refractivity contribution in [3.05, 3.63) is 22.8 Å². The monoisotopic (exact) mass is 260 g/mol. The summed E-state index contributed by atoms with van der Waals surface area (Å²) in [5, 5.41) is 0. The van der Waals surface area contributed by atoms with E-state index >= 15 is 0 Å². The molecule has 0 unspecified atom stereocenters. The molecule has 3 heteroatoms. The molecule has 0 bridgehead atoms. The average Bonchev–Trinajstić information content (AvgIpc) is 2.70. The van der Waals surface area contributed by atoms with Gasteiger partial charge in [-0.2, -0.15) is 0 Å². The van der Waals surface area contributed by atoms with Crippen molar-refractivity contribution >= 4 is 11.8 Å².